The molecule has 0 unspecified atom stereocenters. The van der Waals surface area contributed by atoms with Crippen molar-refractivity contribution in [1.29, 1.82) is 0 Å². The number of rotatable bonds is 5. The molecule has 1 aromatic carbocycles. The number of thiazole rings is 1. The zero-order valence-corrected chi connectivity index (χ0v) is 14.9. The van der Waals surface area contributed by atoms with Gasteiger partial charge in [-0.15, -0.1) is 11.3 Å². The lowest BCUT2D eigenvalue weighted by atomic mass is 10.2. The van der Waals surface area contributed by atoms with Crippen molar-refractivity contribution in [2.45, 2.75) is 32.1 Å². The van der Waals surface area contributed by atoms with Crippen LogP contribution in [0.15, 0.2) is 36.5 Å². The Balaban J connectivity index is 1.66. The molecular weight excluding hydrogens is 340 g/mol. The van der Waals surface area contributed by atoms with Crippen molar-refractivity contribution in [3.05, 3.63) is 52.3 Å². The lowest BCUT2D eigenvalue weighted by Crippen LogP contribution is -1.98. The number of nitrogens with one attached hydrogen (secondary N) is 1. The van der Waals surface area contributed by atoms with Crippen LogP contribution in [0.25, 0.3) is 10.6 Å². The molecule has 0 bridgehead atoms. The molecule has 1 aliphatic carbocycles. The summed E-state index contributed by atoms with van der Waals surface area (Å²) in [7, 11) is 0. The van der Waals surface area contributed by atoms with E-state index in [1.165, 1.54) is 28.4 Å². The molecular formula is C18H17ClN4S. The quantitative estimate of drug-likeness (QED) is 0.661. The Morgan fingerprint density at radius 3 is 2.88 bits per heavy atom. The molecule has 6 heteroatoms. The average Bonchev–Trinajstić information content (AvgIpc) is 3.34. The first-order valence-electron chi connectivity index (χ1n) is 8.08. The summed E-state index contributed by atoms with van der Waals surface area (Å²) < 4.78 is 0. The highest BCUT2D eigenvalue weighted by Crippen LogP contribution is 2.45. The smallest absolute Gasteiger partial charge is 0.227 e. The minimum absolute atomic E-state index is 0.572. The molecule has 3 aromatic rings. The van der Waals surface area contributed by atoms with Gasteiger partial charge in [-0.2, -0.15) is 0 Å². The maximum atomic E-state index is 6.03. The third-order valence-corrected chi connectivity index (χ3v) is 5.41. The number of halogens is 1. The molecule has 0 amide bonds. The van der Waals surface area contributed by atoms with Crippen LogP contribution in [0.1, 0.15) is 36.4 Å². The molecule has 122 valence electrons. The first kappa shape index (κ1) is 15.5. The van der Waals surface area contributed by atoms with Crippen LogP contribution in [0.2, 0.25) is 5.02 Å². The molecule has 0 atom stereocenters. The highest BCUT2D eigenvalue weighted by Gasteiger charge is 2.30. The predicted molar refractivity (Wildman–Crippen MR) is 99.2 cm³/mol. The largest absolute Gasteiger partial charge is 0.324 e. The second kappa shape index (κ2) is 6.49. The SMILES string of the molecule is CCc1nc(C2CC2)c(-c2ccnc(Nc3cccc(Cl)c3)n2)s1. The third-order valence-electron chi connectivity index (χ3n) is 3.93. The second-order valence-electron chi connectivity index (χ2n) is 5.85. The van der Waals surface area contributed by atoms with Crippen LogP contribution in [-0.2, 0) is 6.42 Å². The van der Waals surface area contributed by atoms with E-state index in [4.69, 9.17) is 21.6 Å². The van der Waals surface area contributed by atoms with E-state index in [2.05, 4.69) is 17.2 Å². The lowest BCUT2D eigenvalue weighted by Gasteiger charge is -2.06. The van der Waals surface area contributed by atoms with Gasteiger partial charge in [0.25, 0.3) is 0 Å². The number of hydrogen-bond donors (Lipinski definition) is 1. The van der Waals surface area contributed by atoms with Crippen molar-refractivity contribution < 1.29 is 0 Å². The molecule has 4 rings (SSSR count). The molecule has 4 nitrogen and oxygen atoms in total. The van der Waals surface area contributed by atoms with Crippen LogP contribution in [0.4, 0.5) is 11.6 Å². The number of hydrogen-bond acceptors (Lipinski definition) is 5. The highest BCUT2D eigenvalue weighted by atomic mass is 35.5. The van der Waals surface area contributed by atoms with E-state index in [-0.39, 0.29) is 0 Å². The van der Waals surface area contributed by atoms with Gasteiger partial charge < -0.3 is 5.32 Å². The topological polar surface area (TPSA) is 50.7 Å². The molecule has 2 heterocycles. The van der Waals surface area contributed by atoms with Crippen molar-refractivity contribution in [3.63, 3.8) is 0 Å². The maximum Gasteiger partial charge on any atom is 0.227 e. The van der Waals surface area contributed by atoms with E-state index in [0.717, 1.165) is 17.8 Å². The molecule has 1 fully saturated rings. The number of nitrogens with zero attached hydrogens (tertiary/aromatic N) is 3. The fourth-order valence-electron chi connectivity index (χ4n) is 2.59. The van der Waals surface area contributed by atoms with Gasteiger partial charge in [-0.3, -0.25) is 0 Å². The Hall–Kier alpha value is -1.98. The lowest BCUT2D eigenvalue weighted by molar-refractivity contribution is 0.993. The summed E-state index contributed by atoms with van der Waals surface area (Å²) in [6.07, 6.45) is 5.22. The van der Waals surface area contributed by atoms with Crippen molar-refractivity contribution in [2.75, 3.05) is 5.32 Å². The molecule has 2 aromatic heterocycles. The monoisotopic (exact) mass is 356 g/mol. The van der Waals surface area contributed by atoms with Gasteiger partial charge >= 0.3 is 0 Å². The third kappa shape index (κ3) is 3.28. The van der Waals surface area contributed by atoms with Crippen LogP contribution >= 0.6 is 22.9 Å². The zero-order chi connectivity index (χ0) is 16.5. The molecule has 0 radical (unpaired) electrons. The van der Waals surface area contributed by atoms with Crippen LogP contribution in [0.5, 0.6) is 0 Å². The fraction of sp³-hybridized carbons (Fsp3) is 0.278. The van der Waals surface area contributed by atoms with Crippen molar-refractivity contribution in [3.8, 4) is 10.6 Å². The number of aryl methyl sites for hydroxylation is 1. The van der Waals surface area contributed by atoms with E-state index in [0.29, 0.717) is 16.9 Å². The van der Waals surface area contributed by atoms with E-state index in [1.807, 2.05) is 30.3 Å². The summed E-state index contributed by atoms with van der Waals surface area (Å²) in [4.78, 5) is 15.0. The standard InChI is InChI=1S/C18H17ClN4S/c1-2-15-23-16(11-6-7-11)17(24-15)14-8-9-20-18(22-14)21-13-5-3-4-12(19)10-13/h3-5,8-11H,2,6-7H2,1H3,(H,20,21,22). The zero-order valence-electron chi connectivity index (χ0n) is 13.3. The van der Waals surface area contributed by atoms with Crippen LogP contribution in [0.3, 0.4) is 0 Å². The molecule has 1 N–H and O–H groups in total. The van der Waals surface area contributed by atoms with Gasteiger partial charge in [0.1, 0.15) is 0 Å². The van der Waals surface area contributed by atoms with Gasteiger partial charge in [-0.05, 0) is 43.5 Å². The van der Waals surface area contributed by atoms with Gasteiger partial charge in [0.15, 0.2) is 0 Å². The normalized spacial score (nSPS) is 13.9. The molecule has 1 aliphatic rings. The molecule has 0 spiro atoms. The summed E-state index contributed by atoms with van der Waals surface area (Å²) in [5, 5.41) is 5.08. The van der Waals surface area contributed by atoms with E-state index in [1.54, 1.807) is 17.5 Å². The summed E-state index contributed by atoms with van der Waals surface area (Å²) >= 11 is 7.78. The van der Waals surface area contributed by atoms with Crippen LogP contribution in [-0.4, -0.2) is 15.0 Å². The van der Waals surface area contributed by atoms with Crippen molar-refractivity contribution in [2.24, 2.45) is 0 Å². The van der Waals surface area contributed by atoms with E-state index in [9.17, 15) is 0 Å². The average molecular weight is 357 g/mol. The second-order valence-corrected chi connectivity index (χ2v) is 7.37. The first-order chi connectivity index (χ1) is 11.7. The Morgan fingerprint density at radius 2 is 2.12 bits per heavy atom. The predicted octanol–water partition coefficient (Wildman–Crippen LogP) is 5.44. The number of aromatic nitrogens is 3. The molecule has 0 aliphatic heterocycles. The summed E-state index contributed by atoms with van der Waals surface area (Å²) in [6.45, 7) is 2.14. The number of anilines is 2. The summed E-state index contributed by atoms with van der Waals surface area (Å²) in [5.74, 6) is 1.18. The van der Waals surface area contributed by atoms with Gasteiger partial charge in [0.05, 0.1) is 21.3 Å². The summed E-state index contributed by atoms with van der Waals surface area (Å²) in [6, 6.07) is 9.50. The van der Waals surface area contributed by atoms with Crippen molar-refractivity contribution in [1.82, 2.24) is 15.0 Å². The fourth-order valence-corrected chi connectivity index (χ4v) is 3.84. The van der Waals surface area contributed by atoms with Gasteiger partial charge in [-0.1, -0.05) is 24.6 Å². The maximum absolute atomic E-state index is 6.03. The minimum Gasteiger partial charge on any atom is -0.324 e. The van der Waals surface area contributed by atoms with Crippen LogP contribution < -0.4 is 5.32 Å². The Morgan fingerprint density at radius 1 is 1.25 bits per heavy atom. The van der Waals surface area contributed by atoms with Crippen LogP contribution in [0, 0.1) is 0 Å². The van der Waals surface area contributed by atoms with Crippen molar-refractivity contribution >= 4 is 34.6 Å². The van der Waals surface area contributed by atoms with Gasteiger partial charge in [0, 0.05) is 22.8 Å². The Kier molecular flexibility index (Phi) is 4.21. The molecule has 1 saturated carbocycles. The summed E-state index contributed by atoms with van der Waals surface area (Å²) in [5.41, 5.74) is 3.03. The Labute approximate surface area is 150 Å². The van der Waals surface area contributed by atoms with Gasteiger partial charge in [0.2, 0.25) is 5.95 Å². The van der Waals surface area contributed by atoms with Gasteiger partial charge in [-0.25, -0.2) is 15.0 Å². The molecule has 24 heavy (non-hydrogen) atoms. The van der Waals surface area contributed by atoms with E-state index >= 15 is 0 Å². The Bertz CT molecular complexity index is 873. The highest BCUT2D eigenvalue weighted by molar-refractivity contribution is 7.15. The minimum atomic E-state index is 0.572. The first-order valence-corrected chi connectivity index (χ1v) is 9.28. The number of benzene rings is 1. The van der Waals surface area contributed by atoms with E-state index < -0.39 is 0 Å². The molecule has 0 saturated heterocycles.